The van der Waals surface area contributed by atoms with Crippen molar-refractivity contribution in [2.45, 2.75) is 39.6 Å². The molecule has 2 aromatic carbocycles. The molecule has 0 fully saturated rings. The number of amides is 1. The van der Waals surface area contributed by atoms with Gasteiger partial charge in [-0.1, -0.05) is 46.8 Å². The fraction of sp³-hybridized carbons (Fsp3) is 0.296. The summed E-state index contributed by atoms with van der Waals surface area (Å²) in [6.45, 7) is 3.95. The van der Waals surface area contributed by atoms with Crippen molar-refractivity contribution in [1.82, 2.24) is 25.5 Å². The van der Waals surface area contributed by atoms with E-state index in [-0.39, 0.29) is 40.7 Å². The van der Waals surface area contributed by atoms with Crippen LogP contribution in [0.1, 0.15) is 20.3 Å². The molecule has 0 aliphatic carbocycles. The number of carbonyl (C=O) groups is 1. The molecule has 2 heterocycles. The first kappa shape index (κ1) is 33.4. The number of benzene rings is 2. The summed E-state index contributed by atoms with van der Waals surface area (Å²) < 4.78 is 32.0. The van der Waals surface area contributed by atoms with E-state index >= 15 is 0 Å². The number of para-hydroxylation sites is 1. The molecule has 4 aromatic rings. The maximum atomic E-state index is 12.9. The predicted molar refractivity (Wildman–Crippen MR) is 173 cm³/mol. The van der Waals surface area contributed by atoms with Gasteiger partial charge >= 0.3 is 0 Å². The molecule has 2 aromatic heterocycles. The summed E-state index contributed by atoms with van der Waals surface area (Å²) >= 11 is 8.95. The Labute approximate surface area is 268 Å². The van der Waals surface area contributed by atoms with Crippen LogP contribution in [0.5, 0.6) is 5.75 Å². The highest BCUT2D eigenvalue weighted by Crippen LogP contribution is 2.37. The van der Waals surface area contributed by atoms with Gasteiger partial charge in [0.25, 0.3) is 0 Å². The molecule has 0 saturated heterocycles. The predicted octanol–water partition coefficient (Wildman–Crippen LogP) is 4.72. The molecule has 44 heavy (non-hydrogen) atoms. The van der Waals surface area contributed by atoms with Crippen LogP contribution in [0.2, 0.25) is 5.02 Å². The number of rotatable bonds is 15. The van der Waals surface area contributed by atoms with Crippen LogP contribution in [0, 0.1) is 0 Å². The normalized spacial score (nSPS) is 11.4. The van der Waals surface area contributed by atoms with Crippen LogP contribution in [-0.2, 0) is 14.6 Å². The minimum absolute atomic E-state index is 0.0603. The number of methoxy groups -OCH3 is 1. The molecule has 0 saturated carbocycles. The fourth-order valence-corrected chi connectivity index (χ4v) is 6.76. The molecule has 0 radical (unpaired) electrons. The van der Waals surface area contributed by atoms with Crippen molar-refractivity contribution >= 4 is 78.7 Å². The Bertz CT molecular complexity index is 1700. The van der Waals surface area contributed by atoms with E-state index in [9.17, 15) is 13.2 Å². The number of carbonyl (C=O) groups excluding carboxylic acids is 1. The number of ether oxygens (including phenoxy) is 1. The quantitative estimate of drug-likeness (QED) is 0.0862. The van der Waals surface area contributed by atoms with E-state index in [0.717, 1.165) is 4.90 Å². The van der Waals surface area contributed by atoms with Crippen LogP contribution in [0.3, 0.4) is 0 Å². The number of aliphatic hydroxyl groups is 1. The molecular formula is C27H31ClN8O5S3. The van der Waals surface area contributed by atoms with Gasteiger partial charge in [-0.05, 0) is 57.1 Å². The molecule has 0 unspecified atom stereocenters. The van der Waals surface area contributed by atoms with Crippen molar-refractivity contribution < 1.29 is 23.1 Å². The number of aliphatic hydroxyl groups excluding tert-OH is 1. The lowest BCUT2D eigenvalue weighted by molar-refractivity contribution is -0.115. The third kappa shape index (κ3) is 8.77. The number of sulfone groups is 1. The summed E-state index contributed by atoms with van der Waals surface area (Å²) in [5, 5.41) is 28.7. The Kier molecular flexibility index (Phi) is 11.7. The molecule has 0 aliphatic rings. The first-order valence-electron chi connectivity index (χ1n) is 13.3. The van der Waals surface area contributed by atoms with Gasteiger partial charge in [0.2, 0.25) is 17.0 Å². The zero-order valence-corrected chi connectivity index (χ0v) is 27.2. The average Bonchev–Trinajstić information content (AvgIpc) is 3.44. The molecule has 5 N–H and O–H groups in total. The largest absolute Gasteiger partial charge is 0.495 e. The molecule has 13 nitrogen and oxygen atoms in total. The third-order valence-electron chi connectivity index (χ3n) is 5.89. The van der Waals surface area contributed by atoms with Crippen LogP contribution < -0.4 is 26.0 Å². The highest BCUT2D eigenvalue weighted by Gasteiger charge is 2.23. The topological polar surface area (TPSA) is 180 Å². The van der Waals surface area contributed by atoms with Crippen molar-refractivity contribution in [2.24, 2.45) is 0 Å². The summed E-state index contributed by atoms with van der Waals surface area (Å²) in [7, 11) is -2.03. The highest BCUT2D eigenvalue weighted by molar-refractivity contribution is 8.01. The fourth-order valence-electron chi connectivity index (χ4n) is 3.65. The van der Waals surface area contributed by atoms with Gasteiger partial charge in [-0.3, -0.25) is 10.1 Å². The summed E-state index contributed by atoms with van der Waals surface area (Å²) in [6, 6.07) is 12.0. The first-order valence-corrected chi connectivity index (χ1v) is 16.9. The highest BCUT2D eigenvalue weighted by atomic mass is 35.5. The first-order chi connectivity index (χ1) is 21.1. The van der Waals surface area contributed by atoms with Gasteiger partial charge in [0.05, 0.1) is 41.4 Å². The smallest absolute Gasteiger partial charge is 0.240 e. The van der Waals surface area contributed by atoms with E-state index < -0.39 is 15.1 Å². The monoisotopic (exact) mass is 678 g/mol. The maximum absolute atomic E-state index is 12.9. The van der Waals surface area contributed by atoms with E-state index in [4.69, 9.17) is 21.4 Å². The van der Waals surface area contributed by atoms with Crippen molar-refractivity contribution in [3.63, 3.8) is 0 Å². The van der Waals surface area contributed by atoms with E-state index in [0.29, 0.717) is 39.6 Å². The Hall–Kier alpha value is -3.54. The lowest BCUT2D eigenvalue weighted by Crippen LogP contribution is -2.29. The van der Waals surface area contributed by atoms with Gasteiger partial charge in [-0.2, -0.15) is 4.98 Å². The summed E-state index contributed by atoms with van der Waals surface area (Å²) in [5.74, 6) is 0.681. The average molecular weight is 679 g/mol. The lowest BCUT2D eigenvalue weighted by atomic mass is 10.3. The standard InChI is InChI=1S/C27H31ClN8O5S3/c1-16(2)44(39,40)22-8-5-4-7-20(22)31-24-18(28)14-30-25(34-24)32-19-10-9-17(13-21(19)41-3)42-27-36-35-26(43-27)33-23(38)15-29-11-6-12-37/h4-5,7-10,13-14,16,29,37H,6,11-12,15H2,1-3H3,(H,33,35,38)(H2,30,31,32,34). The van der Waals surface area contributed by atoms with Crippen LogP contribution in [0.15, 0.2) is 62.8 Å². The van der Waals surface area contributed by atoms with E-state index in [1.165, 1.54) is 42.5 Å². The summed E-state index contributed by atoms with van der Waals surface area (Å²) in [6.07, 6.45) is 1.98. The zero-order chi connectivity index (χ0) is 31.7. The molecule has 0 aliphatic heterocycles. The summed E-state index contributed by atoms with van der Waals surface area (Å²) in [5.41, 5.74) is 0.924. The number of aromatic nitrogens is 4. The molecule has 234 valence electrons. The second kappa shape index (κ2) is 15.5. The van der Waals surface area contributed by atoms with Gasteiger partial charge < -0.3 is 25.8 Å². The van der Waals surface area contributed by atoms with Gasteiger partial charge in [0.1, 0.15) is 10.8 Å². The van der Waals surface area contributed by atoms with Crippen molar-refractivity contribution in [3.05, 3.63) is 53.7 Å². The number of hydrogen-bond acceptors (Lipinski definition) is 14. The molecular weight excluding hydrogens is 648 g/mol. The summed E-state index contributed by atoms with van der Waals surface area (Å²) in [4.78, 5) is 21.7. The second-order valence-electron chi connectivity index (χ2n) is 9.37. The zero-order valence-electron chi connectivity index (χ0n) is 24.0. The van der Waals surface area contributed by atoms with Crippen molar-refractivity contribution in [3.8, 4) is 5.75 Å². The van der Waals surface area contributed by atoms with Gasteiger partial charge in [0.15, 0.2) is 20.0 Å². The minimum atomic E-state index is -3.56. The van der Waals surface area contributed by atoms with Crippen LogP contribution in [-0.4, -0.2) is 71.7 Å². The van der Waals surface area contributed by atoms with Crippen LogP contribution in [0.25, 0.3) is 0 Å². The molecule has 1 amide bonds. The molecule has 0 bridgehead atoms. The molecule has 17 heteroatoms. The van der Waals surface area contributed by atoms with Crippen LogP contribution in [0.4, 0.5) is 28.3 Å². The minimum Gasteiger partial charge on any atom is -0.495 e. The lowest BCUT2D eigenvalue weighted by Gasteiger charge is -2.16. The number of nitrogens with zero attached hydrogens (tertiary/aromatic N) is 4. The Morgan fingerprint density at radius 2 is 1.93 bits per heavy atom. The molecule has 0 atom stereocenters. The third-order valence-corrected chi connectivity index (χ3v) is 10.3. The van der Waals surface area contributed by atoms with Crippen LogP contribution >= 0.6 is 34.7 Å². The van der Waals surface area contributed by atoms with Crippen molar-refractivity contribution in [1.29, 1.82) is 0 Å². The maximum Gasteiger partial charge on any atom is 0.240 e. The SMILES string of the molecule is COc1cc(Sc2nnc(NC(=O)CNCCCO)s2)ccc1Nc1ncc(Cl)c(Nc2ccccc2S(=O)(=O)C(C)C)n1. The molecule has 0 spiro atoms. The number of hydrogen-bond donors (Lipinski definition) is 5. The second-order valence-corrected chi connectivity index (χ2v) is 14.5. The van der Waals surface area contributed by atoms with E-state index in [1.807, 2.05) is 6.07 Å². The van der Waals surface area contributed by atoms with Gasteiger partial charge in [0, 0.05) is 11.5 Å². The van der Waals surface area contributed by atoms with Gasteiger partial charge in [-0.25, -0.2) is 13.4 Å². The number of nitrogens with one attached hydrogen (secondary N) is 4. The Morgan fingerprint density at radius 1 is 1.14 bits per heavy atom. The van der Waals surface area contributed by atoms with Crippen molar-refractivity contribution in [2.75, 3.05) is 42.8 Å². The Morgan fingerprint density at radius 3 is 2.68 bits per heavy atom. The number of halogens is 1. The number of anilines is 5. The van der Waals surface area contributed by atoms with E-state index in [2.05, 4.69) is 41.4 Å². The molecule has 4 rings (SSSR count). The Balaban J connectivity index is 1.45. The van der Waals surface area contributed by atoms with Gasteiger partial charge in [-0.15, -0.1) is 10.2 Å². The van der Waals surface area contributed by atoms with E-state index in [1.54, 1.807) is 44.2 Å².